The molecule has 1 rings (SSSR count). The van der Waals surface area contributed by atoms with Crippen LogP contribution < -0.4 is 5.32 Å². The Morgan fingerprint density at radius 1 is 1.55 bits per heavy atom. The zero-order valence-corrected chi connectivity index (χ0v) is 8.11. The molecule has 1 heteroatoms. The third-order valence-electron chi connectivity index (χ3n) is 3.43. The lowest BCUT2D eigenvalue weighted by Crippen LogP contribution is -2.41. The Bertz CT molecular complexity index is 114. The molecule has 2 unspecified atom stereocenters. The second-order valence-corrected chi connectivity index (χ2v) is 4.24. The average molecular weight is 155 g/mol. The number of hydrogen-bond acceptors (Lipinski definition) is 1. The molecular weight excluding hydrogens is 134 g/mol. The van der Waals surface area contributed by atoms with Gasteiger partial charge in [-0.2, -0.15) is 0 Å². The lowest BCUT2D eigenvalue weighted by atomic mass is 9.72. The largest absolute Gasteiger partial charge is 0.316 e. The Labute approximate surface area is 70.6 Å². The first-order valence-corrected chi connectivity index (χ1v) is 4.90. The van der Waals surface area contributed by atoms with E-state index >= 15 is 0 Å². The first-order valence-electron chi connectivity index (χ1n) is 4.90. The minimum atomic E-state index is 0.576. The molecular formula is C10H21N. The summed E-state index contributed by atoms with van der Waals surface area (Å²) in [6.45, 7) is 9.55. The molecule has 0 bridgehead atoms. The van der Waals surface area contributed by atoms with Crippen LogP contribution >= 0.6 is 0 Å². The topological polar surface area (TPSA) is 12.0 Å². The average Bonchev–Trinajstić information content (AvgIpc) is 2.04. The Hall–Kier alpha value is -0.0400. The van der Waals surface area contributed by atoms with Crippen LogP contribution in [0.15, 0.2) is 0 Å². The maximum atomic E-state index is 3.49. The molecule has 1 saturated heterocycles. The highest BCUT2D eigenvalue weighted by molar-refractivity contribution is 4.84. The molecule has 11 heavy (non-hydrogen) atoms. The molecule has 66 valence electrons. The zero-order chi connectivity index (χ0) is 8.32. The van der Waals surface area contributed by atoms with E-state index in [-0.39, 0.29) is 0 Å². The van der Waals surface area contributed by atoms with Crippen molar-refractivity contribution in [2.45, 2.75) is 40.0 Å². The van der Waals surface area contributed by atoms with Crippen LogP contribution in [0, 0.1) is 11.3 Å². The molecule has 0 aromatic rings. The standard InChI is InChI=1S/C10H21N/c1-4-9(2)10(3)6-5-7-11-8-10/h9,11H,4-8H2,1-3H3. The van der Waals surface area contributed by atoms with Crippen molar-refractivity contribution in [2.24, 2.45) is 11.3 Å². The van der Waals surface area contributed by atoms with Gasteiger partial charge in [-0.05, 0) is 30.7 Å². The summed E-state index contributed by atoms with van der Waals surface area (Å²) < 4.78 is 0. The van der Waals surface area contributed by atoms with Gasteiger partial charge in [0.2, 0.25) is 0 Å². The lowest BCUT2D eigenvalue weighted by molar-refractivity contribution is 0.144. The van der Waals surface area contributed by atoms with E-state index in [4.69, 9.17) is 0 Å². The number of nitrogens with one attached hydrogen (secondary N) is 1. The highest BCUT2D eigenvalue weighted by Crippen LogP contribution is 2.35. The van der Waals surface area contributed by atoms with Gasteiger partial charge < -0.3 is 5.32 Å². The van der Waals surface area contributed by atoms with Crippen molar-refractivity contribution in [1.82, 2.24) is 5.32 Å². The Kier molecular flexibility index (Phi) is 2.94. The molecule has 1 aliphatic heterocycles. The van der Waals surface area contributed by atoms with Gasteiger partial charge >= 0.3 is 0 Å². The summed E-state index contributed by atoms with van der Waals surface area (Å²) in [5, 5.41) is 3.49. The number of piperidine rings is 1. The second-order valence-electron chi connectivity index (χ2n) is 4.24. The van der Waals surface area contributed by atoms with E-state index in [0.717, 1.165) is 5.92 Å². The van der Waals surface area contributed by atoms with Crippen molar-refractivity contribution in [2.75, 3.05) is 13.1 Å². The van der Waals surface area contributed by atoms with Gasteiger partial charge in [0, 0.05) is 6.54 Å². The molecule has 0 spiro atoms. The normalized spacial score (nSPS) is 35.2. The molecule has 0 aromatic heterocycles. The van der Waals surface area contributed by atoms with Gasteiger partial charge in [-0.25, -0.2) is 0 Å². The van der Waals surface area contributed by atoms with Crippen molar-refractivity contribution in [3.8, 4) is 0 Å². The first kappa shape index (κ1) is 9.05. The van der Waals surface area contributed by atoms with E-state index < -0.39 is 0 Å². The molecule has 1 fully saturated rings. The SMILES string of the molecule is CCC(C)C1(C)CCCNC1. The summed E-state index contributed by atoms with van der Waals surface area (Å²) in [4.78, 5) is 0. The van der Waals surface area contributed by atoms with Crippen molar-refractivity contribution in [1.29, 1.82) is 0 Å². The van der Waals surface area contributed by atoms with Crippen LogP contribution in [0.25, 0.3) is 0 Å². The highest BCUT2D eigenvalue weighted by Gasteiger charge is 2.31. The minimum absolute atomic E-state index is 0.576. The van der Waals surface area contributed by atoms with Crippen LogP contribution in [-0.4, -0.2) is 13.1 Å². The maximum Gasteiger partial charge on any atom is 0.000772 e. The lowest BCUT2D eigenvalue weighted by Gasteiger charge is -2.39. The van der Waals surface area contributed by atoms with E-state index in [9.17, 15) is 0 Å². The van der Waals surface area contributed by atoms with Crippen molar-refractivity contribution in [3.05, 3.63) is 0 Å². The fraction of sp³-hybridized carbons (Fsp3) is 1.00. The summed E-state index contributed by atoms with van der Waals surface area (Å²) in [5.41, 5.74) is 0.576. The fourth-order valence-electron chi connectivity index (χ4n) is 1.99. The summed E-state index contributed by atoms with van der Waals surface area (Å²) in [5.74, 6) is 0.871. The third-order valence-corrected chi connectivity index (χ3v) is 3.43. The molecule has 1 heterocycles. The Balaban J connectivity index is 2.49. The second kappa shape index (κ2) is 3.57. The first-order chi connectivity index (χ1) is 5.19. The van der Waals surface area contributed by atoms with Crippen LogP contribution in [0.4, 0.5) is 0 Å². The fourth-order valence-corrected chi connectivity index (χ4v) is 1.99. The van der Waals surface area contributed by atoms with Crippen LogP contribution in [0.5, 0.6) is 0 Å². The molecule has 0 aliphatic carbocycles. The molecule has 0 saturated carbocycles. The maximum absolute atomic E-state index is 3.49. The van der Waals surface area contributed by atoms with Crippen LogP contribution in [0.3, 0.4) is 0 Å². The quantitative estimate of drug-likeness (QED) is 0.646. The Morgan fingerprint density at radius 2 is 2.27 bits per heavy atom. The molecule has 0 amide bonds. The third kappa shape index (κ3) is 1.96. The van der Waals surface area contributed by atoms with Gasteiger partial charge in [0.05, 0.1) is 0 Å². The monoisotopic (exact) mass is 155 g/mol. The van der Waals surface area contributed by atoms with Gasteiger partial charge in [-0.3, -0.25) is 0 Å². The highest BCUT2D eigenvalue weighted by atomic mass is 14.9. The van der Waals surface area contributed by atoms with E-state index in [1.54, 1.807) is 0 Å². The van der Waals surface area contributed by atoms with Gasteiger partial charge in [0.25, 0.3) is 0 Å². The van der Waals surface area contributed by atoms with Crippen LogP contribution in [-0.2, 0) is 0 Å². The molecule has 1 nitrogen and oxygen atoms in total. The van der Waals surface area contributed by atoms with Gasteiger partial charge in [-0.15, -0.1) is 0 Å². The number of rotatable bonds is 2. The van der Waals surface area contributed by atoms with Crippen LogP contribution in [0.1, 0.15) is 40.0 Å². The number of hydrogen-bond donors (Lipinski definition) is 1. The van der Waals surface area contributed by atoms with E-state index in [2.05, 4.69) is 26.1 Å². The summed E-state index contributed by atoms with van der Waals surface area (Å²) in [7, 11) is 0. The molecule has 1 aliphatic rings. The van der Waals surface area contributed by atoms with Gasteiger partial charge in [-0.1, -0.05) is 27.2 Å². The Morgan fingerprint density at radius 3 is 2.73 bits per heavy atom. The van der Waals surface area contributed by atoms with Crippen molar-refractivity contribution >= 4 is 0 Å². The predicted octanol–water partition coefficient (Wildman–Crippen LogP) is 2.42. The smallest absolute Gasteiger partial charge is 0.000772 e. The molecule has 0 radical (unpaired) electrons. The molecule has 2 atom stereocenters. The van der Waals surface area contributed by atoms with Gasteiger partial charge in [0.1, 0.15) is 0 Å². The van der Waals surface area contributed by atoms with E-state index in [1.165, 1.54) is 32.4 Å². The van der Waals surface area contributed by atoms with Crippen molar-refractivity contribution in [3.63, 3.8) is 0 Å². The van der Waals surface area contributed by atoms with Crippen LogP contribution in [0.2, 0.25) is 0 Å². The zero-order valence-electron chi connectivity index (χ0n) is 8.11. The van der Waals surface area contributed by atoms with Crippen molar-refractivity contribution < 1.29 is 0 Å². The molecule has 1 N–H and O–H groups in total. The van der Waals surface area contributed by atoms with Gasteiger partial charge in [0.15, 0.2) is 0 Å². The summed E-state index contributed by atoms with van der Waals surface area (Å²) >= 11 is 0. The van der Waals surface area contributed by atoms with E-state index in [1.807, 2.05) is 0 Å². The summed E-state index contributed by atoms with van der Waals surface area (Å²) in [6, 6.07) is 0. The minimum Gasteiger partial charge on any atom is -0.316 e. The predicted molar refractivity (Wildman–Crippen MR) is 49.7 cm³/mol. The molecule has 0 aromatic carbocycles. The summed E-state index contributed by atoms with van der Waals surface area (Å²) in [6.07, 6.45) is 4.09. The van der Waals surface area contributed by atoms with E-state index in [0.29, 0.717) is 5.41 Å².